The number of carbonyl (C=O) groups is 4. The molecule has 0 aliphatic carbocycles. The van der Waals surface area contributed by atoms with Crippen LogP contribution in [0.2, 0.25) is 0 Å². The molecule has 0 saturated heterocycles. The average molecular weight is 1020 g/mol. The van der Waals surface area contributed by atoms with Crippen molar-refractivity contribution in [3.8, 4) is 22.5 Å². The number of para-hydroxylation sites is 2. The van der Waals surface area contributed by atoms with E-state index in [1.807, 2.05) is 66.6 Å². The first-order valence-corrected chi connectivity index (χ1v) is 24.6. The standard InChI is InChI=1S/C27H31F2N7O2.C24H23F2N5O3S/c1-15(2)32-25(37)17-10-9-16(3)18(13-17)22-19-14-31-27(38)36(23-20(28)7-6-8-21(23)29)24(19)34-26(33-22)30-11-12-35(4)5;1-12(2)28-22(32)14-9-8-13(3)15(10-14)19-16-11-27-24(33)31(20-17(25)6-5-7-18(20)26)21(16)30-23(29-19)35(4)34/h6-10,13,15H,11-12,14H2,1-5H3,(H,31,38)(H,32,37)(H,30,33,34);5-10,12H,11H2,1-4H3,(H,27,33)(H,28,32). The second kappa shape index (κ2) is 22.3. The zero-order chi connectivity index (χ0) is 53.0. The number of likely N-dealkylation sites (N-methyl/N-ethyl adjacent to an activating group) is 1. The average Bonchev–Trinajstić information content (AvgIpc) is 3.32. The highest BCUT2D eigenvalue weighted by Crippen LogP contribution is 2.41. The Labute approximate surface area is 421 Å². The molecule has 382 valence electrons. The second-order valence-electron chi connectivity index (χ2n) is 18.0. The van der Waals surface area contributed by atoms with Gasteiger partial charge in [0.05, 0.1) is 35.3 Å². The number of anilines is 5. The first-order chi connectivity index (χ1) is 34.6. The quantitative estimate of drug-likeness (QED) is 0.0551. The molecule has 0 saturated carbocycles. The number of rotatable bonds is 13. The van der Waals surface area contributed by atoms with E-state index in [1.54, 1.807) is 30.3 Å². The number of carbonyl (C=O) groups excluding carboxylic acids is 4. The van der Waals surface area contributed by atoms with Crippen LogP contribution in [0.4, 0.5) is 56.1 Å². The van der Waals surface area contributed by atoms with Crippen molar-refractivity contribution in [3.63, 3.8) is 0 Å². The summed E-state index contributed by atoms with van der Waals surface area (Å²) in [6.07, 6.45) is 1.36. The van der Waals surface area contributed by atoms with Crippen LogP contribution < -0.4 is 36.4 Å². The van der Waals surface area contributed by atoms with Gasteiger partial charge in [-0.05, 0) is 115 Å². The van der Waals surface area contributed by atoms with Gasteiger partial charge in [0, 0.05) is 64.8 Å². The van der Waals surface area contributed by atoms with Crippen molar-refractivity contribution in [1.29, 1.82) is 0 Å². The fourth-order valence-electron chi connectivity index (χ4n) is 7.89. The van der Waals surface area contributed by atoms with Gasteiger partial charge in [-0.2, -0.15) is 4.98 Å². The van der Waals surface area contributed by atoms with Gasteiger partial charge in [-0.1, -0.05) is 24.3 Å². The molecule has 4 aromatic carbocycles. The summed E-state index contributed by atoms with van der Waals surface area (Å²) in [4.78, 5) is 72.8. The summed E-state index contributed by atoms with van der Waals surface area (Å²) in [5, 5.41) is 14.0. The van der Waals surface area contributed by atoms with Crippen LogP contribution in [0.15, 0.2) is 78.0 Å². The second-order valence-corrected chi connectivity index (χ2v) is 19.3. The van der Waals surface area contributed by atoms with Crippen LogP contribution in [0, 0.1) is 37.1 Å². The molecule has 17 nitrogen and oxygen atoms in total. The van der Waals surface area contributed by atoms with Crippen LogP contribution in [0.1, 0.15) is 70.7 Å². The van der Waals surface area contributed by atoms with Gasteiger partial charge >= 0.3 is 12.1 Å². The molecule has 0 fully saturated rings. The summed E-state index contributed by atoms with van der Waals surface area (Å²) in [5.41, 5.74) is 4.01. The first-order valence-electron chi connectivity index (χ1n) is 23.1. The first kappa shape index (κ1) is 53.0. The number of benzene rings is 4. The maximum atomic E-state index is 14.9. The lowest BCUT2D eigenvalue weighted by atomic mass is 9.97. The van der Waals surface area contributed by atoms with Crippen molar-refractivity contribution >= 4 is 63.6 Å². The molecule has 8 rings (SSSR count). The zero-order valence-corrected chi connectivity index (χ0v) is 42.3. The largest absolute Gasteiger partial charge is 0.353 e. The molecule has 0 radical (unpaired) electrons. The highest BCUT2D eigenvalue weighted by molar-refractivity contribution is 7.84. The van der Waals surface area contributed by atoms with E-state index in [2.05, 4.69) is 41.5 Å². The molecule has 4 heterocycles. The molecule has 1 unspecified atom stereocenters. The lowest BCUT2D eigenvalue weighted by molar-refractivity contribution is 0.0934. The van der Waals surface area contributed by atoms with Crippen molar-refractivity contribution in [2.75, 3.05) is 48.6 Å². The Balaban J connectivity index is 0.000000214. The number of urea groups is 2. The van der Waals surface area contributed by atoms with Crippen LogP contribution in [-0.4, -0.2) is 98.4 Å². The third kappa shape index (κ3) is 11.6. The van der Waals surface area contributed by atoms with Gasteiger partial charge in [0.15, 0.2) is 11.6 Å². The van der Waals surface area contributed by atoms with E-state index < -0.39 is 57.5 Å². The molecular formula is C51H54F4N12O5S. The molecule has 0 spiro atoms. The molecule has 2 aliphatic rings. The molecule has 73 heavy (non-hydrogen) atoms. The summed E-state index contributed by atoms with van der Waals surface area (Å²) >= 11 is 0. The molecule has 2 aromatic heterocycles. The number of nitrogens with zero attached hydrogens (tertiary/aromatic N) is 7. The third-order valence-corrected chi connectivity index (χ3v) is 12.1. The number of hydrogen-bond donors (Lipinski definition) is 5. The molecule has 2 aliphatic heterocycles. The molecule has 22 heteroatoms. The number of aryl methyl sites for hydroxylation is 2. The Kier molecular flexibility index (Phi) is 16.2. The SMILES string of the molecule is Cc1ccc(C(=O)NC(C)C)cc1-c1nc(NCCN(C)C)nc2c1CNC(=O)N2c1c(F)cccc1F.Cc1ccc(C(=O)NC(C)C)cc1-c1nc(S(C)=O)nc2c1CNC(=O)N2c1c(F)cccc1F. The van der Waals surface area contributed by atoms with E-state index in [1.165, 1.54) is 18.4 Å². The molecule has 0 bridgehead atoms. The van der Waals surface area contributed by atoms with Crippen LogP contribution in [0.5, 0.6) is 0 Å². The van der Waals surface area contributed by atoms with Crippen molar-refractivity contribution < 1.29 is 40.9 Å². The van der Waals surface area contributed by atoms with Gasteiger partial charge in [-0.3, -0.25) is 13.8 Å². The number of aromatic nitrogens is 4. The van der Waals surface area contributed by atoms with E-state index in [4.69, 9.17) is 4.98 Å². The van der Waals surface area contributed by atoms with Gasteiger partial charge in [-0.25, -0.2) is 51.9 Å². The summed E-state index contributed by atoms with van der Waals surface area (Å²) < 4.78 is 71.5. The fraction of sp³-hybridized carbons (Fsp3) is 0.294. The Bertz CT molecular complexity index is 3140. The van der Waals surface area contributed by atoms with Crippen LogP contribution in [0.25, 0.3) is 22.5 Å². The normalized spacial score (nSPS) is 13.4. The number of halogens is 4. The minimum Gasteiger partial charge on any atom is -0.353 e. The minimum absolute atomic E-state index is 0.0332. The molecule has 5 N–H and O–H groups in total. The van der Waals surface area contributed by atoms with Crippen LogP contribution >= 0.6 is 0 Å². The van der Waals surface area contributed by atoms with Crippen molar-refractivity contribution in [1.82, 2.24) is 46.1 Å². The predicted molar refractivity (Wildman–Crippen MR) is 270 cm³/mol. The maximum Gasteiger partial charge on any atom is 0.328 e. The number of fused-ring (bicyclic) bond motifs is 2. The lowest BCUT2D eigenvalue weighted by Gasteiger charge is -2.31. The summed E-state index contributed by atoms with van der Waals surface area (Å²) in [6, 6.07) is 15.3. The van der Waals surface area contributed by atoms with E-state index in [-0.39, 0.29) is 59.7 Å². The van der Waals surface area contributed by atoms with Crippen molar-refractivity contribution in [2.24, 2.45) is 0 Å². The topological polar surface area (TPSA) is 207 Å². The van der Waals surface area contributed by atoms with Crippen LogP contribution in [-0.2, 0) is 23.9 Å². The van der Waals surface area contributed by atoms with E-state index in [0.29, 0.717) is 57.9 Å². The molecular weight excluding hydrogens is 969 g/mol. The Hall–Kier alpha value is -7.85. The smallest absolute Gasteiger partial charge is 0.328 e. The molecule has 6 aromatic rings. The molecule has 1 atom stereocenters. The highest BCUT2D eigenvalue weighted by Gasteiger charge is 2.36. The van der Waals surface area contributed by atoms with E-state index in [0.717, 1.165) is 45.2 Å². The maximum absolute atomic E-state index is 14.9. The van der Waals surface area contributed by atoms with Crippen molar-refractivity contribution in [2.45, 2.75) is 71.9 Å². The Morgan fingerprint density at radius 2 is 1.10 bits per heavy atom. The monoisotopic (exact) mass is 1020 g/mol. The zero-order valence-electron chi connectivity index (χ0n) is 41.5. The van der Waals surface area contributed by atoms with Crippen LogP contribution in [0.3, 0.4) is 0 Å². The lowest BCUT2D eigenvalue weighted by Crippen LogP contribution is -2.43. The fourth-order valence-corrected chi connectivity index (χ4v) is 8.33. The van der Waals surface area contributed by atoms with Gasteiger partial charge in [0.25, 0.3) is 11.8 Å². The van der Waals surface area contributed by atoms with Gasteiger partial charge in [-0.15, -0.1) is 0 Å². The highest BCUT2D eigenvalue weighted by atomic mass is 32.2. The molecule has 6 amide bonds. The van der Waals surface area contributed by atoms with Gasteiger partial charge < -0.3 is 31.5 Å². The summed E-state index contributed by atoms with van der Waals surface area (Å²) in [7, 11) is 2.16. The summed E-state index contributed by atoms with van der Waals surface area (Å²) in [5.74, 6) is -4.09. The number of amides is 6. The minimum atomic E-state index is -1.68. The van der Waals surface area contributed by atoms with E-state index >= 15 is 0 Å². The van der Waals surface area contributed by atoms with Crippen molar-refractivity contribution in [3.05, 3.63) is 129 Å². The van der Waals surface area contributed by atoms with Gasteiger partial charge in [0.1, 0.15) is 34.6 Å². The number of hydrogen-bond acceptors (Lipinski definition) is 11. The Morgan fingerprint density at radius 3 is 1.51 bits per heavy atom. The Morgan fingerprint density at radius 1 is 0.671 bits per heavy atom. The van der Waals surface area contributed by atoms with E-state index in [9.17, 15) is 40.9 Å². The van der Waals surface area contributed by atoms with Gasteiger partial charge in [0.2, 0.25) is 11.1 Å². The third-order valence-electron chi connectivity index (χ3n) is 11.4. The summed E-state index contributed by atoms with van der Waals surface area (Å²) in [6.45, 7) is 12.3. The number of nitrogens with one attached hydrogen (secondary N) is 5. The predicted octanol–water partition coefficient (Wildman–Crippen LogP) is 8.17.